The van der Waals surface area contributed by atoms with Crippen LogP contribution in [0, 0.1) is 0 Å². The van der Waals surface area contributed by atoms with Crippen LogP contribution in [0.25, 0.3) is 0 Å². The highest BCUT2D eigenvalue weighted by atomic mass is 16.5. The van der Waals surface area contributed by atoms with Crippen LogP contribution in [0.2, 0.25) is 0 Å². The molecule has 0 aliphatic carbocycles. The normalized spacial score (nSPS) is 16.3. The van der Waals surface area contributed by atoms with Gasteiger partial charge in [0.25, 0.3) is 0 Å². The summed E-state index contributed by atoms with van der Waals surface area (Å²) in [5.41, 5.74) is 1.21. The maximum atomic E-state index is 12.1. The molecule has 0 spiro atoms. The molecule has 0 atom stereocenters. The van der Waals surface area contributed by atoms with Crippen molar-refractivity contribution in [2.24, 2.45) is 0 Å². The fourth-order valence-corrected chi connectivity index (χ4v) is 2.04. The van der Waals surface area contributed by atoms with E-state index in [0.717, 1.165) is 39.3 Å². The number of ether oxygens (including phenoxy) is 1. The summed E-state index contributed by atoms with van der Waals surface area (Å²) >= 11 is 0. The van der Waals surface area contributed by atoms with Crippen LogP contribution < -0.4 is 0 Å². The summed E-state index contributed by atoms with van der Waals surface area (Å²) in [6, 6.07) is 3.97. The molecule has 1 amide bonds. The topological polar surface area (TPSA) is 45.7 Å². The second-order valence-electron chi connectivity index (χ2n) is 4.81. The largest absolute Gasteiger partial charge is 0.379 e. The monoisotopic (exact) mass is 263 g/mol. The van der Waals surface area contributed by atoms with Crippen LogP contribution in [0.3, 0.4) is 0 Å². The molecule has 1 aromatic heterocycles. The minimum Gasteiger partial charge on any atom is -0.379 e. The second kappa shape index (κ2) is 7.21. The average Bonchev–Trinajstić information content (AvgIpc) is 2.47. The quantitative estimate of drug-likeness (QED) is 0.772. The maximum absolute atomic E-state index is 12.1. The summed E-state index contributed by atoms with van der Waals surface area (Å²) in [6.45, 7) is 4.40. The molecule has 1 saturated heterocycles. The predicted octanol–water partition coefficient (Wildman–Crippen LogP) is 0.415. The van der Waals surface area contributed by atoms with Crippen molar-refractivity contribution in [1.82, 2.24) is 14.8 Å². The Labute approximate surface area is 114 Å². The molecule has 5 nitrogen and oxygen atoms in total. The molecule has 104 valence electrons. The minimum atomic E-state index is 0.177. The van der Waals surface area contributed by atoms with Gasteiger partial charge in [0, 0.05) is 39.1 Å². The van der Waals surface area contributed by atoms with Crippen molar-refractivity contribution in [3.05, 3.63) is 30.1 Å². The maximum Gasteiger partial charge on any atom is 0.236 e. The Morgan fingerprint density at radius 1 is 1.37 bits per heavy atom. The third-order valence-corrected chi connectivity index (χ3v) is 3.37. The van der Waals surface area contributed by atoms with Gasteiger partial charge in [-0.25, -0.2) is 0 Å². The van der Waals surface area contributed by atoms with Crippen molar-refractivity contribution < 1.29 is 9.53 Å². The Kier molecular flexibility index (Phi) is 5.30. The molecule has 0 N–H and O–H groups in total. The molecule has 5 heteroatoms. The van der Waals surface area contributed by atoms with E-state index in [1.807, 2.05) is 19.2 Å². The Balaban J connectivity index is 1.72. The van der Waals surface area contributed by atoms with Crippen molar-refractivity contribution in [3.8, 4) is 0 Å². The standard InChI is InChI=1S/C14H21N3O2/c1-16(7-4-13-2-5-15-6-3-13)14(18)12-17-8-10-19-11-9-17/h2-3,5-6H,4,7-12H2,1H3. The number of amides is 1. The fourth-order valence-electron chi connectivity index (χ4n) is 2.04. The molecular weight excluding hydrogens is 242 g/mol. The van der Waals surface area contributed by atoms with Gasteiger partial charge in [-0.15, -0.1) is 0 Å². The number of morpholine rings is 1. The van der Waals surface area contributed by atoms with E-state index < -0.39 is 0 Å². The average molecular weight is 263 g/mol. The van der Waals surface area contributed by atoms with E-state index in [-0.39, 0.29) is 5.91 Å². The number of hydrogen-bond donors (Lipinski definition) is 0. The zero-order valence-electron chi connectivity index (χ0n) is 11.4. The summed E-state index contributed by atoms with van der Waals surface area (Å²) in [6.07, 6.45) is 4.43. The lowest BCUT2D eigenvalue weighted by atomic mass is 10.2. The Morgan fingerprint density at radius 2 is 2.05 bits per heavy atom. The number of hydrogen-bond acceptors (Lipinski definition) is 4. The second-order valence-corrected chi connectivity index (χ2v) is 4.81. The van der Waals surface area contributed by atoms with Crippen LogP contribution in [0.1, 0.15) is 5.56 Å². The lowest BCUT2D eigenvalue weighted by molar-refractivity contribution is -0.132. The zero-order chi connectivity index (χ0) is 13.5. The predicted molar refractivity (Wildman–Crippen MR) is 72.8 cm³/mol. The van der Waals surface area contributed by atoms with Crippen molar-refractivity contribution >= 4 is 5.91 Å². The van der Waals surface area contributed by atoms with Gasteiger partial charge in [-0.05, 0) is 24.1 Å². The smallest absolute Gasteiger partial charge is 0.236 e. The van der Waals surface area contributed by atoms with Gasteiger partial charge < -0.3 is 9.64 Å². The molecule has 19 heavy (non-hydrogen) atoms. The van der Waals surface area contributed by atoms with Crippen LogP contribution >= 0.6 is 0 Å². The van der Waals surface area contributed by atoms with E-state index in [0.29, 0.717) is 6.54 Å². The molecule has 1 aromatic rings. The Morgan fingerprint density at radius 3 is 2.74 bits per heavy atom. The SMILES string of the molecule is CN(CCc1ccncc1)C(=O)CN1CCOCC1. The number of likely N-dealkylation sites (N-methyl/N-ethyl adjacent to an activating group) is 1. The molecule has 0 aromatic carbocycles. The first kappa shape index (κ1) is 14.0. The molecule has 2 rings (SSSR count). The van der Waals surface area contributed by atoms with E-state index in [9.17, 15) is 4.79 Å². The third-order valence-electron chi connectivity index (χ3n) is 3.37. The summed E-state index contributed by atoms with van der Waals surface area (Å²) in [4.78, 5) is 20.0. The Bertz CT molecular complexity index is 391. The summed E-state index contributed by atoms with van der Waals surface area (Å²) in [7, 11) is 1.87. The van der Waals surface area contributed by atoms with Gasteiger partial charge in [-0.2, -0.15) is 0 Å². The van der Waals surface area contributed by atoms with E-state index in [2.05, 4.69) is 9.88 Å². The van der Waals surface area contributed by atoms with Crippen LogP contribution in [0.4, 0.5) is 0 Å². The van der Waals surface area contributed by atoms with E-state index >= 15 is 0 Å². The van der Waals surface area contributed by atoms with Gasteiger partial charge >= 0.3 is 0 Å². The molecule has 0 unspecified atom stereocenters. The van der Waals surface area contributed by atoms with Crippen molar-refractivity contribution in [3.63, 3.8) is 0 Å². The number of aromatic nitrogens is 1. The van der Waals surface area contributed by atoms with Crippen molar-refractivity contribution in [2.75, 3.05) is 46.4 Å². The number of carbonyl (C=O) groups excluding carboxylic acids is 1. The number of nitrogens with zero attached hydrogens (tertiary/aromatic N) is 3. The molecule has 0 radical (unpaired) electrons. The van der Waals surface area contributed by atoms with Crippen LogP contribution in [-0.4, -0.2) is 67.1 Å². The van der Waals surface area contributed by atoms with Gasteiger partial charge in [-0.3, -0.25) is 14.7 Å². The highest BCUT2D eigenvalue weighted by Crippen LogP contribution is 2.01. The molecular formula is C14H21N3O2. The zero-order valence-corrected chi connectivity index (χ0v) is 11.4. The summed E-state index contributed by atoms with van der Waals surface area (Å²) in [5, 5.41) is 0. The van der Waals surface area contributed by atoms with Gasteiger partial charge in [0.2, 0.25) is 5.91 Å². The fraction of sp³-hybridized carbons (Fsp3) is 0.571. The lowest BCUT2D eigenvalue weighted by Gasteiger charge is -2.28. The van der Waals surface area contributed by atoms with Gasteiger partial charge in [-0.1, -0.05) is 0 Å². The molecule has 1 fully saturated rings. The lowest BCUT2D eigenvalue weighted by Crippen LogP contribution is -2.44. The van der Waals surface area contributed by atoms with E-state index in [4.69, 9.17) is 4.74 Å². The third kappa shape index (κ3) is 4.61. The van der Waals surface area contributed by atoms with E-state index in [1.165, 1.54) is 5.56 Å². The highest BCUT2D eigenvalue weighted by molar-refractivity contribution is 5.78. The number of carbonyl (C=O) groups is 1. The van der Waals surface area contributed by atoms with Gasteiger partial charge in [0.1, 0.15) is 0 Å². The van der Waals surface area contributed by atoms with Crippen LogP contribution in [-0.2, 0) is 16.0 Å². The summed E-state index contributed by atoms with van der Waals surface area (Å²) < 4.78 is 5.27. The first-order valence-electron chi connectivity index (χ1n) is 6.68. The molecule has 0 bridgehead atoms. The minimum absolute atomic E-state index is 0.177. The molecule has 1 aliphatic heterocycles. The molecule has 0 saturated carbocycles. The van der Waals surface area contributed by atoms with Crippen LogP contribution in [0.15, 0.2) is 24.5 Å². The van der Waals surface area contributed by atoms with Crippen molar-refractivity contribution in [2.45, 2.75) is 6.42 Å². The van der Waals surface area contributed by atoms with Crippen LogP contribution in [0.5, 0.6) is 0 Å². The number of rotatable bonds is 5. The summed E-state index contributed by atoms with van der Waals surface area (Å²) in [5.74, 6) is 0.177. The first-order chi connectivity index (χ1) is 9.25. The first-order valence-corrected chi connectivity index (χ1v) is 6.68. The molecule has 1 aliphatic rings. The molecule has 2 heterocycles. The highest BCUT2D eigenvalue weighted by Gasteiger charge is 2.16. The van der Waals surface area contributed by atoms with Crippen molar-refractivity contribution in [1.29, 1.82) is 0 Å². The van der Waals surface area contributed by atoms with Gasteiger partial charge in [0.05, 0.1) is 19.8 Å². The number of pyridine rings is 1. The van der Waals surface area contributed by atoms with Gasteiger partial charge in [0.15, 0.2) is 0 Å². The van der Waals surface area contributed by atoms with E-state index in [1.54, 1.807) is 17.3 Å². The Hall–Kier alpha value is -1.46.